The number of carbonyl (C=O) groups is 1. The molecule has 0 aromatic heterocycles. The number of fused-ring (bicyclic) bond motifs is 1. The van der Waals surface area contributed by atoms with Crippen LogP contribution >= 0.6 is 0 Å². The summed E-state index contributed by atoms with van der Waals surface area (Å²) in [6, 6.07) is 16.4. The van der Waals surface area contributed by atoms with Crippen LogP contribution < -0.4 is 10.2 Å². The van der Waals surface area contributed by atoms with Crippen LogP contribution in [0.3, 0.4) is 0 Å². The summed E-state index contributed by atoms with van der Waals surface area (Å²) in [6.07, 6.45) is 2.69. The third kappa shape index (κ3) is 3.99. The van der Waals surface area contributed by atoms with Crippen molar-refractivity contribution in [1.82, 2.24) is 0 Å². The van der Waals surface area contributed by atoms with Gasteiger partial charge in [0.2, 0.25) is 0 Å². The van der Waals surface area contributed by atoms with Gasteiger partial charge in [-0.3, -0.25) is 4.79 Å². The number of rotatable bonds is 6. The van der Waals surface area contributed by atoms with E-state index in [1.165, 1.54) is 11.3 Å². The summed E-state index contributed by atoms with van der Waals surface area (Å²) in [7, 11) is 0. The van der Waals surface area contributed by atoms with Gasteiger partial charge in [0.25, 0.3) is 5.91 Å². The summed E-state index contributed by atoms with van der Waals surface area (Å²) in [5.41, 5.74) is 4.38. The number of ether oxygens (including phenoxy) is 2. The maximum Gasteiger partial charge on any atom is 0.253 e. The fourth-order valence-corrected chi connectivity index (χ4v) is 3.74. The summed E-state index contributed by atoms with van der Waals surface area (Å²) in [6.45, 7) is 3.96. The maximum atomic E-state index is 12.6. The van der Waals surface area contributed by atoms with Gasteiger partial charge >= 0.3 is 0 Å². The predicted molar refractivity (Wildman–Crippen MR) is 107 cm³/mol. The largest absolute Gasteiger partial charge is 0.376 e. The van der Waals surface area contributed by atoms with Crippen LogP contribution in [0.25, 0.3) is 0 Å². The highest BCUT2D eigenvalue weighted by molar-refractivity contribution is 5.97. The first-order valence-electron chi connectivity index (χ1n) is 9.71. The molecular weight excluding hydrogens is 340 g/mol. The Balaban J connectivity index is 1.44. The highest BCUT2D eigenvalue weighted by atomic mass is 16.5. The van der Waals surface area contributed by atoms with Gasteiger partial charge in [0.15, 0.2) is 0 Å². The Morgan fingerprint density at radius 1 is 1.22 bits per heavy atom. The second-order valence-corrected chi connectivity index (χ2v) is 7.15. The van der Waals surface area contributed by atoms with Crippen molar-refractivity contribution in [3.8, 4) is 0 Å². The minimum absolute atomic E-state index is 0.119. The molecule has 2 aliphatic heterocycles. The summed E-state index contributed by atoms with van der Waals surface area (Å²) in [4.78, 5) is 14.9. The Bertz CT molecular complexity index is 802. The molecule has 5 nitrogen and oxygen atoms in total. The van der Waals surface area contributed by atoms with Crippen LogP contribution in [0.5, 0.6) is 0 Å². The van der Waals surface area contributed by atoms with Crippen molar-refractivity contribution in [3.63, 3.8) is 0 Å². The van der Waals surface area contributed by atoms with Gasteiger partial charge in [-0.25, -0.2) is 0 Å². The lowest BCUT2D eigenvalue weighted by molar-refractivity contribution is -0.128. The molecule has 0 aliphatic carbocycles. The van der Waals surface area contributed by atoms with Crippen molar-refractivity contribution < 1.29 is 14.3 Å². The number of anilines is 3. The van der Waals surface area contributed by atoms with E-state index in [-0.39, 0.29) is 12.0 Å². The van der Waals surface area contributed by atoms with Gasteiger partial charge < -0.3 is 19.7 Å². The van der Waals surface area contributed by atoms with Gasteiger partial charge in [-0.2, -0.15) is 0 Å². The first-order valence-corrected chi connectivity index (χ1v) is 9.71. The fourth-order valence-electron chi connectivity index (χ4n) is 3.74. The van der Waals surface area contributed by atoms with E-state index in [9.17, 15) is 4.79 Å². The lowest BCUT2D eigenvalue weighted by Crippen LogP contribution is -2.31. The van der Waals surface area contributed by atoms with Crippen LogP contribution in [-0.2, 0) is 20.7 Å². The van der Waals surface area contributed by atoms with E-state index in [1.807, 2.05) is 18.2 Å². The van der Waals surface area contributed by atoms with Crippen LogP contribution in [-0.4, -0.2) is 37.9 Å². The SMILES string of the molecule is C[C@H](OC[C@@H]1CCCO1)C(=O)Nc1ccccc1N1CCc2ccccc21. The van der Waals surface area contributed by atoms with Crippen molar-refractivity contribution in [2.45, 2.75) is 38.4 Å². The molecule has 27 heavy (non-hydrogen) atoms. The summed E-state index contributed by atoms with van der Waals surface area (Å²) in [5.74, 6) is -0.132. The average Bonchev–Trinajstić information content (AvgIpc) is 3.36. The zero-order valence-corrected chi connectivity index (χ0v) is 15.7. The van der Waals surface area contributed by atoms with Gasteiger partial charge in [-0.05, 0) is 49.9 Å². The summed E-state index contributed by atoms with van der Waals surface area (Å²) in [5, 5.41) is 3.05. The second kappa shape index (κ2) is 8.11. The van der Waals surface area contributed by atoms with Gasteiger partial charge in [-0.15, -0.1) is 0 Å². The molecule has 0 radical (unpaired) electrons. The van der Waals surface area contributed by atoms with E-state index in [1.54, 1.807) is 6.92 Å². The molecule has 1 N–H and O–H groups in total. The number of nitrogens with one attached hydrogen (secondary N) is 1. The van der Waals surface area contributed by atoms with Crippen molar-refractivity contribution in [2.24, 2.45) is 0 Å². The topological polar surface area (TPSA) is 50.8 Å². The van der Waals surface area contributed by atoms with E-state index in [0.29, 0.717) is 6.61 Å². The Hall–Kier alpha value is -2.37. The minimum atomic E-state index is -0.520. The molecule has 1 fully saturated rings. The number of benzene rings is 2. The average molecular weight is 366 g/mol. The van der Waals surface area contributed by atoms with Gasteiger partial charge in [0.05, 0.1) is 24.1 Å². The Labute approximate surface area is 160 Å². The molecule has 2 aromatic rings. The molecular formula is C22H26N2O3. The molecule has 2 atom stereocenters. The number of carbonyl (C=O) groups excluding carboxylic acids is 1. The van der Waals surface area contributed by atoms with Crippen molar-refractivity contribution in [2.75, 3.05) is 30.0 Å². The lowest BCUT2D eigenvalue weighted by Gasteiger charge is -2.24. The highest BCUT2D eigenvalue weighted by Crippen LogP contribution is 2.38. The number of amides is 1. The van der Waals surface area contributed by atoms with Crippen LogP contribution in [0.15, 0.2) is 48.5 Å². The standard InChI is InChI=1S/C22H26N2O3/c1-16(27-15-18-8-6-14-26-18)22(25)23-19-9-3-5-11-21(19)24-13-12-17-7-2-4-10-20(17)24/h2-5,7,9-11,16,18H,6,8,12-15H2,1H3,(H,23,25)/t16-,18-/m0/s1. The fraction of sp³-hybridized carbons (Fsp3) is 0.409. The Morgan fingerprint density at radius 2 is 2.00 bits per heavy atom. The van der Waals surface area contributed by atoms with E-state index < -0.39 is 6.10 Å². The molecule has 0 saturated carbocycles. The van der Waals surface area contributed by atoms with Gasteiger partial charge in [0, 0.05) is 18.8 Å². The normalized spacial score (nSPS) is 19.7. The van der Waals surface area contributed by atoms with E-state index >= 15 is 0 Å². The number of nitrogens with zero attached hydrogens (tertiary/aromatic N) is 1. The Kier molecular flexibility index (Phi) is 5.41. The van der Waals surface area contributed by atoms with Crippen LogP contribution in [0, 0.1) is 0 Å². The Morgan fingerprint density at radius 3 is 2.81 bits per heavy atom. The molecule has 142 valence electrons. The van der Waals surface area contributed by atoms with Gasteiger partial charge in [-0.1, -0.05) is 30.3 Å². The number of hydrogen-bond acceptors (Lipinski definition) is 4. The van der Waals surface area contributed by atoms with E-state index in [2.05, 4.69) is 40.5 Å². The number of para-hydroxylation sites is 3. The second-order valence-electron chi connectivity index (χ2n) is 7.15. The molecule has 2 aromatic carbocycles. The molecule has 4 rings (SSSR count). The van der Waals surface area contributed by atoms with E-state index in [0.717, 1.165) is 43.8 Å². The lowest BCUT2D eigenvalue weighted by atomic mass is 10.1. The predicted octanol–water partition coefficient (Wildman–Crippen LogP) is 3.90. The van der Waals surface area contributed by atoms with Crippen molar-refractivity contribution in [1.29, 1.82) is 0 Å². The van der Waals surface area contributed by atoms with Crippen LogP contribution in [0.1, 0.15) is 25.3 Å². The van der Waals surface area contributed by atoms with Crippen molar-refractivity contribution in [3.05, 3.63) is 54.1 Å². The van der Waals surface area contributed by atoms with Crippen LogP contribution in [0.4, 0.5) is 17.1 Å². The highest BCUT2D eigenvalue weighted by Gasteiger charge is 2.24. The first-order chi connectivity index (χ1) is 13.2. The first kappa shape index (κ1) is 18.0. The van der Waals surface area contributed by atoms with Crippen molar-refractivity contribution >= 4 is 23.0 Å². The van der Waals surface area contributed by atoms with E-state index in [4.69, 9.17) is 9.47 Å². The molecule has 5 heteroatoms. The van der Waals surface area contributed by atoms with Crippen LogP contribution in [0.2, 0.25) is 0 Å². The third-order valence-corrected chi connectivity index (χ3v) is 5.27. The molecule has 1 amide bonds. The zero-order valence-electron chi connectivity index (χ0n) is 15.7. The maximum absolute atomic E-state index is 12.6. The molecule has 2 aliphatic rings. The summed E-state index contributed by atoms with van der Waals surface area (Å²) < 4.78 is 11.3. The molecule has 1 saturated heterocycles. The molecule has 0 spiro atoms. The summed E-state index contributed by atoms with van der Waals surface area (Å²) >= 11 is 0. The minimum Gasteiger partial charge on any atom is -0.376 e. The molecule has 0 unspecified atom stereocenters. The molecule has 2 heterocycles. The van der Waals surface area contributed by atoms with Gasteiger partial charge in [0.1, 0.15) is 6.10 Å². The molecule has 0 bridgehead atoms. The third-order valence-electron chi connectivity index (χ3n) is 5.27. The monoisotopic (exact) mass is 366 g/mol. The quantitative estimate of drug-likeness (QED) is 0.842. The zero-order chi connectivity index (χ0) is 18.6. The smallest absolute Gasteiger partial charge is 0.253 e. The number of hydrogen-bond donors (Lipinski definition) is 1.